The van der Waals surface area contributed by atoms with Crippen molar-refractivity contribution in [2.24, 2.45) is 0 Å². The minimum atomic E-state index is -3.78. The normalized spacial score (nSPS) is 9.86. The summed E-state index contributed by atoms with van der Waals surface area (Å²) in [4.78, 5) is 1.44. The number of rotatable bonds is 0. The van der Waals surface area contributed by atoms with Gasteiger partial charge in [0.1, 0.15) is 0 Å². The number of hydrogen-bond acceptors (Lipinski definition) is 3. The topological polar surface area (TPSA) is 51.2 Å². The van der Waals surface area contributed by atoms with E-state index in [2.05, 4.69) is 10.7 Å². The van der Waals surface area contributed by atoms with E-state index in [9.17, 15) is 13.0 Å². The van der Waals surface area contributed by atoms with Crippen LogP contribution in [0.5, 0.6) is 0 Å². The van der Waals surface area contributed by atoms with Crippen molar-refractivity contribution in [3.8, 4) is 4.96 Å². The molecule has 0 bridgehead atoms. The second-order valence-electron chi connectivity index (χ2n) is 0.620. The summed E-state index contributed by atoms with van der Waals surface area (Å²) in [6.07, 6.45) is 0. The van der Waals surface area contributed by atoms with Gasteiger partial charge in [-0.2, -0.15) is 0 Å². The second-order valence-corrected chi connectivity index (χ2v) is 3.63. The first-order valence-electron chi connectivity index (χ1n) is 1.10. The minimum absolute atomic E-state index is 0.711. The Balaban J connectivity index is 4.69. The molecule has 0 radical (unpaired) electrons. The average Bonchev–Trinajstić information content (AvgIpc) is 1.30. The maximum atomic E-state index is 9.68. The van der Waals surface area contributed by atoms with E-state index in [-0.39, 0.29) is 0 Å². The molecule has 0 heterocycles. The van der Waals surface area contributed by atoms with Crippen LogP contribution < -0.4 is 0 Å². The molecule has 0 unspecified atom stereocenters. The van der Waals surface area contributed by atoms with E-state index in [1.54, 1.807) is 0 Å². The molecule has 7 heavy (non-hydrogen) atoms. The van der Waals surface area contributed by atoms with Crippen LogP contribution in [-0.2, 0) is 13.6 Å². The fraction of sp³-hybridized carbons (Fsp3) is 0. The first-order valence-corrected chi connectivity index (χ1v) is 4.22. The van der Waals surface area contributed by atoms with E-state index in [1.807, 2.05) is 0 Å². The van der Waals surface area contributed by atoms with Gasteiger partial charge in [0.25, 0.3) is 0 Å². The van der Waals surface area contributed by atoms with Crippen LogP contribution >= 0.6 is 18.6 Å². The fourth-order valence-electron chi connectivity index (χ4n) is 0.0445. The van der Waals surface area contributed by atoms with Gasteiger partial charge in [-0.25, -0.2) is 0 Å². The molecule has 0 aliphatic heterocycles. The van der Waals surface area contributed by atoms with Gasteiger partial charge in [0.15, 0.2) is 0 Å². The molecule has 0 aliphatic rings. The molecule has 0 saturated carbocycles. The summed E-state index contributed by atoms with van der Waals surface area (Å²) in [5.74, 6) is 0. The van der Waals surface area contributed by atoms with Crippen molar-refractivity contribution in [3.05, 3.63) is 0 Å². The van der Waals surface area contributed by atoms with Crippen LogP contribution in [0.2, 0.25) is 0 Å². The molecule has 0 aromatic rings. The van der Waals surface area contributed by atoms with Crippen molar-refractivity contribution in [2.75, 3.05) is 0 Å². The van der Waals surface area contributed by atoms with Crippen LogP contribution in [-0.4, -0.2) is 8.42 Å². The van der Waals surface area contributed by atoms with E-state index in [0.717, 1.165) is 0 Å². The van der Waals surface area contributed by atoms with E-state index in [1.165, 1.54) is 4.96 Å². The van der Waals surface area contributed by atoms with Crippen LogP contribution in [0.15, 0.2) is 0 Å². The van der Waals surface area contributed by atoms with E-state index in [0.29, 0.717) is 0 Å². The molecule has 0 aromatic heterocycles. The van der Waals surface area contributed by atoms with Gasteiger partial charge < -0.3 is 0 Å². The van der Waals surface area contributed by atoms with Crippen molar-refractivity contribution in [2.45, 2.75) is 0 Å². The molecule has 0 N–H and O–H groups in total. The van der Waals surface area contributed by atoms with Crippen molar-refractivity contribution in [1.29, 1.82) is 0 Å². The SMILES string of the molecule is O=P#CS(=O)(=O)Cl. The molecule has 0 fully saturated rings. The molecule has 0 atom stereocenters. The van der Waals surface area contributed by atoms with E-state index < -0.39 is 17.0 Å². The summed E-state index contributed by atoms with van der Waals surface area (Å²) in [6.45, 7) is 0. The van der Waals surface area contributed by atoms with Crippen molar-refractivity contribution in [3.63, 3.8) is 0 Å². The monoisotopic (exact) mass is 158 g/mol. The van der Waals surface area contributed by atoms with Gasteiger partial charge >= 0.3 is 45.6 Å². The van der Waals surface area contributed by atoms with Crippen molar-refractivity contribution >= 4 is 27.6 Å². The van der Waals surface area contributed by atoms with Crippen LogP contribution in [0.3, 0.4) is 0 Å². The second kappa shape index (κ2) is 2.53. The van der Waals surface area contributed by atoms with Gasteiger partial charge in [-0.1, -0.05) is 0 Å². The molecule has 0 saturated heterocycles. The fourth-order valence-corrected chi connectivity index (χ4v) is 0.654. The average molecular weight is 159 g/mol. The third kappa shape index (κ3) is 6.25. The number of halogens is 1. The Hall–Kier alpha value is 0.250. The van der Waals surface area contributed by atoms with Crippen molar-refractivity contribution in [1.82, 2.24) is 0 Å². The van der Waals surface area contributed by atoms with Crippen LogP contribution in [0.4, 0.5) is 0 Å². The van der Waals surface area contributed by atoms with Gasteiger partial charge in [-0.05, 0) is 0 Å². The Morgan fingerprint density at radius 1 is 1.57 bits per heavy atom. The zero-order valence-corrected chi connectivity index (χ0v) is 5.43. The van der Waals surface area contributed by atoms with E-state index in [4.69, 9.17) is 0 Å². The summed E-state index contributed by atoms with van der Waals surface area (Å²) in [5.41, 5.74) is 0. The Morgan fingerprint density at radius 2 is 2.00 bits per heavy atom. The van der Waals surface area contributed by atoms with Gasteiger partial charge in [0.2, 0.25) is 0 Å². The Bertz CT molecular complexity index is 233. The summed E-state index contributed by atoms with van der Waals surface area (Å²) >= 11 is 0. The number of hydrogen-bond donors (Lipinski definition) is 0. The third-order valence-electron chi connectivity index (χ3n) is 0.146. The van der Waals surface area contributed by atoms with Gasteiger partial charge in [-0.3, -0.25) is 0 Å². The summed E-state index contributed by atoms with van der Waals surface area (Å²) < 4.78 is 28.7. The molecule has 40 valence electrons. The quantitative estimate of drug-likeness (QED) is 0.386. The maximum absolute atomic E-state index is 9.68. The molecular formula is CClO3PS. The van der Waals surface area contributed by atoms with Crippen LogP contribution in [0, 0.1) is 4.96 Å². The Labute approximate surface area is 46.2 Å². The molecule has 0 aliphatic carbocycles. The third-order valence-corrected chi connectivity index (χ3v) is 1.94. The predicted octanol–water partition coefficient (Wildman–Crippen LogP) is 0.763. The molecule has 6 heteroatoms. The first kappa shape index (κ1) is 7.25. The first-order chi connectivity index (χ1) is 3.06. The van der Waals surface area contributed by atoms with Crippen LogP contribution in [0.1, 0.15) is 0 Å². The summed E-state index contributed by atoms with van der Waals surface area (Å²) in [6, 6.07) is 0. The Morgan fingerprint density at radius 3 is 2.00 bits per heavy atom. The van der Waals surface area contributed by atoms with E-state index >= 15 is 0 Å². The Kier molecular flexibility index (Phi) is 2.62. The van der Waals surface area contributed by atoms with Gasteiger partial charge in [0, 0.05) is 0 Å². The molecule has 0 amide bonds. The summed E-state index contributed by atoms with van der Waals surface area (Å²) in [7, 11) is -0.000394. The molecule has 3 nitrogen and oxygen atoms in total. The van der Waals surface area contributed by atoms with Crippen molar-refractivity contribution < 1.29 is 13.0 Å². The molecule has 0 aromatic carbocycles. The van der Waals surface area contributed by atoms with Crippen LogP contribution in [0.25, 0.3) is 0 Å². The summed E-state index contributed by atoms with van der Waals surface area (Å²) in [5, 5.41) is 0. The van der Waals surface area contributed by atoms with Gasteiger partial charge in [0.05, 0.1) is 0 Å². The zero-order valence-electron chi connectivity index (χ0n) is 2.96. The zero-order chi connectivity index (χ0) is 5.91. The molecule has 0 spiro atoms. The molecular weight excluding hydrogens is 159 g/mol. The molecule has 0 rings (SSSR count). The predicted molar refractivity (Wildman–Crippen MR) is 26.3 cm³/mol. The van der Waals surface area contributed by atoms with Gasteiger partial charge in [-0.15, -0.1) is 0 Å². The standard InChI is InChI=1S/CClO3PS/c2-7(4,5)1-6-3.